The van der Waals surface area contributed by atoms with Crippen LogP contribution in [0.15, 0.2) is 0 Å². The SMILES string of the molecule is CC(=O)OC(C)C(C)OC(C)=O. The fourth-order valence-electron chi connectivity index (χ4n) is 0.715. The van der Waals surface area contributed by atoms with Gasteiger partial charge in [-0.05, 0) is 13.8 Å². The van der Waals surface area contributed by atoms with E-state index in [0.717, 1.165) is 0 Å². The molecule has 0 aromatic carbocycles. The van der Waals surface area contributed by atoms with Gasteiger partial charge in [0.25, 0.3) is 0 Å². The van der Waals surface area contributed by atoms with Gasteiger partial charge >= 0.3 is 11.9 Å². The molecule has 0 rings (SSSR count). The molecule has 2 unspecified atom stereocenters. The van der Waals surface area contributed by atoms with Crippen molar-refractivity contribution in [2.75, 3.05) is 0 Å². The summed E-state index contributed by atoms with van der Waals surface area (Å²) in [5.41, 5.74) is 0. The number of ether oxygens (including phenoxy) is 2. The molecule has 0 aliphatic heterocycles. The monoisotopic (exact) mass is 174 g/mol. The Kier molecular flexibility index (Phi) is 4.33. The Morgan fingerprint density at radius 1 is 0.917 bits per heavy atom. The molecule has 4 heteroatoms. The van der Waals surface area contributed by atoms with E-state index in [0.29, 0.717) is 0 Å². The molecule has 0 aliphatic rings. The van der Waals surface area contributed by atoms with E-state index in [9.17, 15) is 9.59 Å². The highest BCUT2D eigenvalue weighted by Crippen LogP contribution is 2.03. The molecule has 0 saturated carbocycles. The van der Waals surface area contributed by atoms with Gasteiger partial charge in [-0.25, -0.2) is 0 Å². The lowest BCUT2D eigenvalue weighted by atomic mass is 10.2. The molecule has 0 spiro atoms. The van der Waals surface area contributed by atoms with E-state index in [1.165, 1.54) is 13.8 Å². The van der Waals surface area contributed by atoms with Crippen molar-refractivity contribution in [3.63, 3.8) is 0 Å². The first-order valence-electron chi connectivity index (χ1n) is 3.78. The third kappa shape index (κ3) is 4.71. The van der Waals surface area contributed by atoms with E-state index in [1.54, 1.807) is 13.8 Å². The summed E-state index contributed by atoms with van der Waals surface area (Å²) in [7, 11) is 0. The number of carbonyl (C=O) groups excluding carboxylic acids is 2. The van der Waals surface area contributed by atoms with Gasteiger partial charge in [0.1, 0.15) is 12.2 Å². The van der Waals surface area contributed by atoms with Crippen molar-refractivity contribution in [2.45, 2.75) is 39.9 Å². The van der Waals surface area contributed by atoms with Crippen LogP contribution >= 0.6 is 0 Å². The number of hydrogen-bond donors (Lipinski definition) is 0. The van der Waals surface area contributed by atoms with Crippen molar-refractivity contribution in [3.05, 3.63) is 0 Å². The summed E-state index contributed by atoms with van der Waals surface area (Å²) in [5.74, 6) is -0.747. The van der Waals surface area contributed by atoms with Crippen molar-refractivity contribution in [1.29, 1.82) is 0 Å². The number of hydrogen-bond acceptors (Lipinski definition) is 4. The molecule has 0 aliphatic carbocycles. The Morgan fingerprint density at radius 3 is 1.33 bits per heavy atom. The molecule has 0 aromatic rings. The number of rotatable bonds is 3. The third-order valence-electron chi connectivity index (χ3n) is 1.36. The first kappa shape index (κ1) is 10.9. The molecule has 0 saturated heterocycles. The van der Waals surface area contributed by atoms with E-state index >= 15 is 0 Å². The Hall–Kier alpha value is -1.06. The van der Waals surface area contributed by atoms with Crippen LogP contribution in [-0.2, 0) is 19.1 Å². The molecule has 0 heterocycles. The highest BCUT2D eigenvalue weighted by Gasteiger charge is 2.16. The van der Waals surface area contributed by atoms with Crippen molar-refractivity contribution >= 4 is 11.9 Å². The summed E-state index contributed by atoms with van der Waals surface area (Å²) < 4.78 is 9.59. The standard InChI is InChI=1S/C8H14O4/c1-5(11-7(3)9)6(2)12-8(4)10/h5-6H,1-4H3. The average Bonchev–Trinajstić information content (AvgIpc) is 1.84. The molecular weight excluding hydrogens is 160 g/mol. The Balaban J connectivity index is 3.83. The first-order chi connectivity index (χ1) is 5.43. The van der Waals surface area contributed by atoms with E-state index < -0.39 is 12.2 Å². The summed E-state index contributed by atoms with van der Waals surface area (Å²) in [6.07, 6.45) is -0.794. The molecule has 0 N–H and O–H groups in total. The van der Waals surface area contributed by atoms with Crippen LogP contribution < -0.4 is 0 Å². The van der Waals surface area contributed by atoms with Crippen molar-refractivity contribution in [3.8, 4) is 0 Å². The smallest absolute Gasteiger partial charge is 0.303 e. The minimum Gasteiger partial charge on any atom is -0.459 e. The molecule has 12 heavy (non-hydrogen) atoms. The largest absolute Gasteiger partial charge is 0.459 e. The van der Waals surface area contributed by atoms with E-state index in [1.807, 2.05) is 0 Å². The topological polar surface area (TPSA) is 52.6 Å². The predicted octanol–water partition coefficient (Wildman–Crippen LogP) is 0.890. The highest BCUT2D eigenvalue weighted by molar-refractivity contribution is 5.67. The van der Waals surface area contributed by atoms with Gasteiger partial charge < -0.3 is 9.47 Å². The average molecular weight is 174 g/mol. The Labute approximate surface area is 71.8 Å². The number of esters is 2. The lowest BCUT2D eigenvalue weighted by Crippen LogP contribution is -2.29. The molecule has 0 amide bonds. The van der Waals surface area contributed by atoms with Gasteiger partial charge in [0.15, 0.2) is 0 Å². The van der Waals surface area contributed by atoms with Crippen molar-refractivity contribution in [2.24, 2.45) is 0 Å². The van der Waals surface area contributed by atoms with Crippen LogP contribution in [0.3, 0.4) is 0 Å². The molecule has 2 atom stereocenters. The first-order valence-corrected chi connectivity index (χ1v) is 3.78. The van der Waals surface area contributed by atoms with Crippen LogP contribution in [0.1, 0.15) is 27.7 Å². The van der Waals surface area contributed by atoms with Gasteiger partial charge in [-0.3, -0.25) is 9.59 Å². The maximum Gasteiger partial charge on any atom is 0.303 e. The van der Waals surface area contributed by atoms with Crippen LogP contribution in [0.25, 0.3) is 0 Å². The maximum atomic E-state index is 10.5. The quantitative estimate of drug-likeness (QED) is 0.596. The fraction of sp³-hybridized carbons (Fsp3) is 0.750. The molecule has 0 radical (unpaired) electrons. The summed E-state index contributed by atoms with van der Waals surface area (Å²) >= 11 is 0. The minimum absolute atomic E-state index is 0.374. The molecule has 0 fully saturated rings. The second-order valence-electron chi connectivity index (χ2n) is 2.63. The zero-order valence-corrected chi connectivity index (χ0v) is 7.79. The van der Waals surface area contributed by atoms with Crippen LogP contribution in [-0.4, -0.2) is 24.1 Å². The lowest BCUT2D eigenvalue weighted by Gasteiger charge is -2.18. The zero-order valence-electron chi connectivity index (χ0n) is 7.79. The summed E-state index contributed by atoms with van der Waals surface area (Å²) in [5, 5.41) is 0. The van der Waals surface area contributed by atoms with Crippen LogP contribution in [0, 0.1) is 0 Å². The second kappa shape index (κ2) is 4.74. The van der Waals surface area contributed by atoms with Gasteiger partial charge in [-0.2, -0.15) is 0 Å². The van der Waals surface area contributed by atoms with E-state index in [-0.39, 0.29) is 11.9 Å². The second-order valence-corrected chi connectivity index (χ2v) is 2.63. The van der Waals surface area contributed by atoms with Gasteiger partial charge in [0, 0.05) is 13.8 Å². The van der Waals surface area contributed by atoms with Gasteiger partial charge in [0.2, 0.25) is 0 Å². The third-order valence-corrected chi connectivity index (χ3v) is 1.36. The van der Waals surface area contributed by atoms with Crippen LogP contribution in [0.2, 0.25) is 0 Å². The molecule has 70 valence electrons. The highest BCUT2D eigenvalue weighted by atomic mass is 16.6. The van der Waals surface area contributed by atoms with Crippen molar-refractivity contribution in [1.82, 2.24) is 0 Å². The van der Waals surface area contributed by atoms with Crippen molar-refractivity contribution < 1.29 is 19.1 Å². The lowest BCUT2D eigenvalue weighted by molar-refractivity contribution is -0.162. The van der Waals surface area contributed by atoms with E-state index in [4.69, 9.17) is 9.47 Å². The number of carbonyl (C=O) groups is 2. The Bertz CT molecular complexity index is 156. The molecule has 4 nitrogen and oxygen atoms in total. The fourth-order valence-corrected chi connectivity index (χ4v) is 0.715. The van der Waals surface area contributed by atoms with Crippen LogP contribution in [0.4, 0.5) is 0 Å². The minimum atomic E-state index is -0.397. The van der Waals surface area contributed by atoms with Gasteiger partial charge in [-0.15, -0.1) is 0 Å². The predicted molar refractivity (Wildman–Crippen MR) is 42.5 cm³/mol. The molecule has 0 bridgehead atoms. The Morgan fingerprint density at radius 2 is 1.17 bits per heavy atom. The van der Waals surface area contributed by atoms with E-state index in [2.05, 4.69) is 0 Å². The van der Waals surface area contributed by atoms with Crippen LogP contribution in [0.5, 0.6) is 0 Å². The molecular formula is C8H14O4. The zero-order chi connectivity index (χ0) is 9.72. The normalized spacial score (nSPS) is 14.7. The summed E-state index contributed by atoms with van der Waals surface area (Å²) in [6.45, 7) is 5.98. The summed E-state index contributed by atoms with van der Waals surface area (Å²) in [4.78, 5) is 21.0. The summed E-state index contributed by atoms with van der Waals surface area (Å²) in [6, 6.07) is 0. The molecule has 0 aromatic heterocycles. The van der Waals surface area contributed by atoms with Gasteiger partial charge in [-0.1, -0.05) is 0 Å². The maximum absolute atomic E-state index is 10.5. The van der Waals surface area contributed by atoms with Gasteiger partial charge in [0.05, 0.1) is 0 Å².